The number of rotatable bonds is 5. The lowest BCUT2D eigenvalue weighted by Gasteiger charge is -2.39. The summed E-state index contributed by atoms with van der Waals surface area (Å²) in [6.45, 7) is 11.4. The van der Waals surface area contributed by atoms with E-state index in [1.165, 1.54) is 11.1 Å². The summed E-state index contributed by atoms with van der Waals surface area (Å²) in [4.78, 5) is 25.4. The molecule has 0 saturated carbocycles. The van der Waals surface area contributed by atoms with Crippen LogP contribution < -0.4 is 0 Å². The van der Waals surface area contributed by atoms with Crippen LogP contribution in [0.4, 0.5) is 0 Å². The SMILES string of the molecule is CC(C)=CCC/C(C)=C/C[C@]1(C)C(=O)C(C)=C(O)C2=C1O[C@H](C)CC2=O. The van der Waals surface area contributed by atoms with Gasteiger partial charge < -0.3 is 9.84 Å². The van der Waals surface area contributed by atoms with E-state index in [0.29, 0.717) is 12.2 Å². The summed E-state index contributed by atoms with van der Waals surface area (Å²) in [7, 11) is 0. The Bertz CT molecular complexity index is 744. The molecule has 2 aliphatic rings. The van der Waals surface area contributed by atoms with Crippen molar-refractivity contribution in [1.29, 1.82) is 0 Å². The zero-order valence-corrected chi connectivity index (χ0v) is 16.7. The molecule has 4 heteroatoms. The first kappa shape index (κ1) is 20.2. The molecule has 0 saturated heterocycles. The zero-order valence-electron chi connectivity index (χ0n) is 16.7. The third kappa shape index (κ3) is 3.84. The number of carbonyl (C=O) groups excluding carboxylic acids is 2. The monoisotopic (exact) mass is 358 g/mol. The van der Waals surface area contributed by atoms with Gasteiger partial charge in [-0.2, -0.15) is 0 Å². The van der Waals surface area contributed by atoms with Crippen molar-refractivity contribution in [1.82, 2.24) is 0 Å². The maximum absolute atomic E-state index is 13.0. The molecule has 0 aromatic heterocycles. The van der Waals surface area contributed by atoms with E-state index in [4.69, 9.17) is 4.74 Å². The number of aliphatic hydroxyl groups excluding tert-OH is 1. The number of aliphatic hydroxyl groups is 1. The molecule has 4 nitrogen and oxygen atoms in total. The summed E-state index contributed by atoms with van der Waals surface area (Å²) in [6, 6.07) is 0. The van der Waals surface area contributed by atoms with E-state index in [1.807, 2.05) is 13.8 Å². The predicted molar refractivity (Wildman–Crippen MR) is 103 cm³/mol. The van der Waals surface area contributed by atoms with Gasteiger partial charge in [-0.25, -0.2) is 0 Å². The van der Waals surface area contributed by atoms with Crippen molar-refractivity contribution >= 4 is 11.6 Å². The van der Waals surface area contributed by atoms with Gasteiger partial charge in [-0.1, -0.05) is 23.3 Å². The fourth-order valence-corrected chi connectivity index (χ4v) is 3.50. The fourth-order valence-electron chi connectivity index (χ4n) is 3.50. The maximum Gasteiger partial charge on any atom is 0.176 e. The van der Waals surface area contributed by atoms with Gasteiger partial charge in [0.2, 0.25) is 0 Å². The largest absolute Gasteiger partial charge is 0.507 e. The summed E-state index contributed by atoms with van der Waals surface area (Å²) >= 11 is 0. The van der Waals surface area contributed by atoms with E-state index >= 15 is 0 Å². The number of allylic oxidation sites excluding steroid dienone is 7. The summed E-state index contributed by atoms with van der Waals surface area (Å²) in [5, 5.41) is 10.4. The third-order valence-corrected chi connectivity index (χ3v) is 5.18. The Labute approximate surface area is 156 Å². The summed E-state index contributed by atoms with van der Waals surface area (Å²) < 4.78 is 5.92. The molecule has 142 valence electrons. The molecular weight excluding hydrogens is 328 g/mol. The molecule has 1 aliphatic carbocycles. The Balaban J connectivity index is 2.35. The summed E-state index contributed by atoms with van der Waals surface area (Å²) in [5.41, 5.74) is 1.98. The molecule has 1 aliphatic heterocycles. The highest BCUT2D eigenvalue weighted by atomic mass is 16.5. The lowest BCUT2D eigenvalue weighted by atomic mass is 9.70. The number of hydrogen-bond donors (Lipinski definition) is 1. The molecule has 0 aromatic carbocycles. The van der Waals surface area contributed by atoms with Crippen LogP contribution in [0, 0.1) is 5.41 Å². The first-order valence-electron chi connectivity index (χ1n) is 9.26. The maximum atomic E-state index is 13.0. The van der Waals surface area contributed by atoms with Crippen LogP contribution in [0.1, 0.15) is 67.2 Å². The molecule has 2 atom stereocenters. The molecule has 26 heavy (non-hydrogen) atoms. The second-order valence-electron chi connectivity index (χ2n) is 7.97. The minimum Gasteiger partial charge on any atom is -0.507 e. The molecule has 1 heterocycles. The van der Waals surface area contributed by atoms with Crippen molar-refractivity contribution in [3.63, 3.8) is 0 Å². The van der Waals surface area contributed by atoms with Crippen molar-refractivity contribution in [2.45, 2.75) is 73.3 Å². The van der Waals surface area contributed by atoms with E-state index < -0.39 is 5.41 Å². The standard InChI is InChI=1S/C22H30O4/c1-13(2)8-7-9-14(3)10-11-22(6)20(25)16(5)19(24)18-17(23)12-15(4)26-21(18)22/h8,10,15,24H,7,9,11-12H2,1-6H3/b14-10+/t15-,22-/m1/s1. The molecule has 0 fully saturated rings. The average molecular weight is 358 g/mol. The normalized spacial score (nSPS) is 26.7. The lowest BCUT2D eigenvalue weighted by Crippen LogP contribution is -2.41. The zero-order chi connectivity index (χ0) is 19.6. The van der Waals surface area contributed by atoms with E-state index in [1.54, 1.807) is 6.92 Å². The van der Waals surface area contributed by atoms with Crippen molar-refractivity contribution in [3.05, 3.63) is 46.0 Å². The average Bonchev–Trinajstić information content (AvgIpc) is 2.55. The summed E-state index contributed by atoms with van der Waals surface area (Å²) in [6.07, 6.45) is 6.54. The van der Waals surface area contributed by atoms with Gasteiger partial charge in [-0.3, -0.25) is 9.59 Å². The minimum atomic E-state index is -0.951. The minimum absolute atomic E-state index is 0.154. The molecule has 1 N–H and O–H groups in total. The van der Waals surface area contributed by atoms with Crippen LogP contribution in [0.5, 0.6) is 0 Å². The molecule has 0 aromatic rings. The van der Waals surface area contributed by atoms with E-state index in [2.05, 4.69) is 32.9 Å². The van der Waals surface area contributed by atoms with Crippen molar-refractivity contribution in [2.75, 3.05) is 0 Å². The van der Waals surface area contributed by atoms with Gasteiger partial charge >= 0.3 is 0 Å². The van der Waals surface area contributed by atoms with Gasteiger partial charge in [0.25, 0.3) is 0 Å². The van der Waals surface area contributed by atoms with Gasteiger partial charge in [0, 0.05) is 12.0 Å². The van der Waals surface area contributed by atoms with Crippen molar-refractivity contribution in [2.24, 2.45) is 5.41 Å². The highest BCUT2D eigenvalue weighted by Crippen LogP contribution is 2.46. The quantitative estimate of drug-likeness (QED) is 0.693. The molecule has 0 radical (unpaired) electrons. The first-order valence-corrected chi connectivity index (χ1v) is 9.26. The van der Waals surface area contributed by atoms with Crippen molar-refractivity contribution in [3.8, 4) is 0 Å². The van der Waals surface area contributed by atoms with Crippen LogP contribution in [0.25, 0.3) is 0 Å². The highest BCUT2D eigenvalue weighted by Gasteiger charge is 2.49. The number of ether oxygens (including phenoxy) is 1. The molecule has 0 amide bonds. The Hall–Kier alpha value is -2.10. The fraction of sp³-hybridized carbons (Fsp3) is 0.545. The highest BCUT2D eigenvalue weighted by molar-refractivity contribution is 6.10. The Morgan fingerprint density at radius 1 is 1.27 bits per heavy atom. The number of carbonyl (C=O) groups is 2. The second kappa shape index (κ2) is 7.65. The van der Waals surface area contributed by atoms with Crippen LogP contribution in [0.15, 0.2) is 46.0 Å². The number of ketones is 2. The lowest BCUT2D eigenvalue weighted by molar-refractivity contribution is -0.128. The van der Waals surface area contributed by atoms with E-state index in [-0.39, 0.29) is 41.0 Å². The van der Waals surface area contributed by atoms with Crippen LogP contribution in [0.2, 0.25) is 0 Å². The number of hydrogen-bond acceptors (Lipinski definition) is 4. The van der Waals surface area contributed by atoms with E-state index in [9.17, 15) is 14.7 Å². The number of Topliss-reactive ketones (excluding diaryl/α,β-unsaturated/α-hetero) is 2. The third-order valence-electron chi connectivity index (χ3n) is 5.18. The van der Waals surface area contributed by atoms with Gasteiger partial charge in [-0.15, -0.1) is 0 Å². The molecule has 0 bridgehead atoms. The van der Waals surface area contributed by atoms with Gasteiger partial charge in [0.1, 0.15) is 17.6 Å². The van der Waals surface area contributed by atoms with Gasteiger partial charge in [-0.05, 0) is 60.8 Å². The molecule has 0 spiro atoms. The molecule has 0 unspecified atom stereocenters. The van der Waals surface area contributed by atoms with Gasteiger partial charge in [0.05, 0.1) is 11.0 Å². The summed E-state index contributed by atoms with van der Waals surface area (Å²) in [5.74, 6) is -0.214. The topological polar surface area (TPSA) is 63.6 Å². The Morgan fingerprint density at radius 2 is 1.92 bits per heavy atom. The van der Waals surface area contributed by atoms with Crippen LogP contribution >= 0.6 is 0 Å². The van der Waals surface area contributed by atoms with Crippen molar-refractivity contribution < 1.29 is 19.4 Å². The first-order chi connectivity index (χ1) is 12.1. The molecular formula is C22H30O4. The second-order valence-corrected chi connectivity index (χ2v) is 7.97. The Kier molecular flexibility index (Phi) is 5.94. The van der Waals surface area contributed by atoms with E-state index in [0.717, 1.165) is 12.8 Å². The smallest absolute Gasteiger partial charge is 0.176 e. The van der Waals surface area contributed by atoms with Crippen LogP contribution in [-0.2, 0) is 14.3 Å². The van der Waals surface area contributed by atoms with Crippen LogP contribution in [0.3, 0.4) is 0 Å². The van der Waals surface area contributed by atoms with Crippen LogP contribution in [-0.4, -0.2) is 22.8 Å². The molecule has 2 rings (SSSR count). The van der Waals surface area contributed by atoms with Gasteiger partial charge in [0.15, 0.2) is 11.6 Å². The Morgan fingerprint density at radius 3 is 2.54 bits per heavy atom. The predicted octanol–water partition coefficient (Wildman–Crippen LogP) is 5.12.